The fourth-order valence-electron chi connectivity index (χ4n) is 1.09. The summed E-state index contributed by atoms with van der Waals surface area (Å²) in [5, 5.41) is 0. The fourth-order valence-corrected chi connectivity index (χ4v) is 1.09. The van der Waals surface area contributed by atoms with Crippen LogP contribution in [0.1, 0.15) is 6.42 Å². The monoisotopic (exact) mass is 142 g/mol. The van der Waals surface area contributed by atoms with Crippen molar-refractivity contribution in [2.75, 3.05) is 13.6 Å². The van der Waals surface area contributed by atoms with Gasteiger partial charge in [-0.1, -0.05) is 0 Å². The van der Waals surface area contributed by atoms with Gasteiger partial charge < -0.3 is 10.6 Å². The van der Waals surface area contributed by atoms with Gasteiger partial charge >= 0.3 is 0 Å². The Hall–Kier alpha value is -1.06. The zero-order valence-electron chi connectivity index (χ0n) is 5.83. The molecule has 1 rings (SSSR count). The molecule has 0 aromatic rings. The maximum absolute atomic E-state index is 11.0. The lowest BCUT2D eigenvalue weighted by molar-refractivity contribution is -0.135. The van der Waals surface area contributed by atoms with Crippen LogP contribution < -0.4 is 5.73 Å². The minimum atomic E-state index is -0.565. The topological polar surface area (TPSA) is 63.4 Å². The van der Waals surface area contributed by atoms with Gasteiger partial charge in [0.1, 0.15) is 5.92 Å². The molecule has 1 heterocycles. The molecule has 0 aromatic heterocycles. The zero-order chi connectivity index (χ0) is 7.72. The average molecular weight is 142 g/mol. The van der Waals surface area contributed by atoms with Gasteiger partial charge in [0.05, 0.1) is 0 Å². The SMILES string of the molecule is CN1CC[C@@H](C(N)=O)C1=O. The molecule has 4 nitrogen and oxygen atoms in total. The highest BCUT2D eigenvalue weighted by Gasteiger charge is 2.32. The minimum Gasteiger partial charge on any atom is -0.369 e. The Morgan fingerprint density at radius 2 is 2.40 bits per heavy atom. The van der Waals surface area contributed by atoms with Crippen LogP contribution in [0.25, 0.3) is 0 Å². The molecule has 0 radical (unpaired) electrons. The highest BCUT2D eigenvalue weighted by Crippen LogP contribution is 2.14. The molecule has 0 aromatic carbocycles. The van der Waals surface area contributed by atoms with E-state index in [1.165, 1.54) is 4.90 Å². The Labute approximate surface area is 59.0 Å². The van der Waals surface area contributed by atoms with E-state index in [2.05, 4.69) is 0 Å². The number of nitrogens with zero attached hydrogens (tertiary/aromatic N) is 1. The van der Waals surface area contributed by atoms with E-state index in [0.717, 1.165) is 0 Å². The maximum Gasteiger partial charge on any atom is 0.234 e. The van der Waals surface area contributed by atoms with Gasteiger partial charge in [0.15, 0.2) is 0 Å². The molecule has 0 bridgehead atoms. The molecule has 1 aliphatic rings. The molecule has 0 aliphatic carbocycles. The van der Waals surface area contributed by atoms with Gasteiger partial charge in [-0.2, -0.15) is 0 Å². The fraction of sp³-hybridized carbons (Fsp3) is 0.667. The highest BCUT2D eigenvalue weighted by molar-refractivity contribution is 6.00. The Kier molecular flexibility index (Phi) is 1.61. The first-order chi connectivity index (χ1) is 4.63. The second kappa shape index (κ2) is 2.28. The van der Waals surface area contributed by atoms with Crippen molar-refractivity contribution in [2.24, 2.45) is 11.7 Å². The van der Waals surface area contributed by atoms with Gasteiger partial charge in [0.2, 0.25) is 11.8 Å². The molecule has 2 N–H and O–H groups in total. The molecule has 10 heavy (non-hydrogen) atoms. The summed E-state index contributed by atoms with van der Waals surface area (Å²) >= 11 is 0. The highest BCUT2D eigenvalue weighted by atomic mass is 16.2. The first-order valence-electron chi connectivity index (χ1n) is 3.17. The molecule has 0 spiro atoms. The minimum absolute atomic E-state index is 0.146. The first-order valence-corrected chi connectivity index (χ1v) is 3.17. The summed E-state index contributed by atoms with van der Waals surface area (Å²) in [5.41, 5.74) is 4.96. The Bertz CT molecular complexity index is 179. The summed E-state index contributed by atoms with van der Waals surface area (Å²) in [5.74, 6) is -1.22. The van der Waals surface area contributed by atoms with Crippen molar-refractivity contribution in [3.05, 3.63) is 0 Å². The summed E-state index contributed by atoms with van der Waals surface area (Å²) in [6.07, 6.45) is 0.574. The number of rotatable bonds is 1. The molecule has 1 aliphatic heterocycles. The van der Waals surface area contributed by atoms with Gasteiger partial charge in [-0.15, -0.1) is 0 Å². The van der Waals surface area contributed by atoms with Crippen LogP contribution >= 0.6 is 0 Å². The van der Waals surface area contributed by atoms with Crippen molar-refractivity contribution in [2.45, 2.75) is 6.42 Å². The lowest BCUT2D eigenvalue weighted by Crippen LogP contribution is -2.31. The molecular formula is C6H10N2O2. The Morgan fingerprint density at radius 3 is 2.60 bits per heavy atom. The van der Waals surface area contributed by atoms with E-state index in [4.69, 9.17) is 5.73 Å². The van der Waals surface area contributed by atoms with Gasteiger partial charge in [0.25, 0.3) is 0 Å². The van der Waals surface area contributed by atoms with E-state index in [1.54, 1.807) is 7.05 Å². The maximum atomic E-state index is 11.0. The molecular weight excluding hydrogens is 132 g/mol. The van der Waals surface area contributed by atoms with Gasteiger partial charge in [-0.05, 0) is 6.42 Å². The number of primary amides is 1. The molecule has 0 unspecified atom stereocenters. The van der Waals surface area contributed by atoms with Gasteiger partial charge in [-0.25, -0.2) is 0 Å². The van der Waals surface area contributed by atoms with E-state index in [-0.39, 0.29) is 5.91 Å². The van der Waals surface area contributed by atoms with E-state index in [0.29, 0.717) is 13.0 Å². The van der Waals surface area contributed by atoms with E-state index >= 15 is 0 Å². The first kappa shape index (κ1) is 7.05. The number of carbonyl (C=O) groups is 2. The van der Waals surface area contributed by atoms with Crippen molar-refractivity contribution in [3.8, 4) is 0 Å². The molecule has 1 atom stereocenters. The molecule has 4 heteroatoms. The Morgan fingerprint density at radius 1 is 1.80 bits per heavy atom. The molecule has 1 saturated heterocycles. The summed E-state index contributed by atoms with van der Waals surface area (Å²) < 4.78 is 0. The van der Waals surface area contributed by atoms with Crippen LogP contribution in [0.3, 0.4) is 0 Å². The van der Waals surface area contributed by atoms with Crippen molar-refractivity contribution in [1.82, 2.24) is 4.90 Å². The quantitative estimate of drug-likeness (QED) is 0.475. The summed E-state index contributed by atoms with van der Waals surface area (Å²) in [4.78, 5) is 23.0. The number of nitrogens with two attached hydrogens (primary N) is 1. The van der Waals surface area contributed by atoms with Crippen molar-refractivity contribution in [1.29, 1.82) is 0 Å². The second-order valence-electron chi connectivity index (χ2n) is 2.50. The van der Waals surface area contributed by atoms with Crippen LogP contribution in [-0.2, 0) is 9.59 Å². The van der Waals surface area contributed by atoms with Crippen LogP contribution in [0.2, 0.25) is 0 Å². The number of likely N-dealkylation sites (tertiary alicyclic amines) is 1. The summed E-state index contributed by atoms with van der Waals surface area (Å²) in [7, 11) is 1.67. The van der Waals surface area contributed by atoms with Crippen LogP contribution in [0.5, 0.6) is 0 Å². The third-order valence-corrected chi connectivity index (χ3v) is 1.77. The van der Waals surface area contributed by atoms with Crippen LogP contribution in [-0.4, -0.2) is 30.3 Å². The summed E-state index contributed by atoms with van der Waals surface area (Å²) in [6.45, 7) is 0.645. The van der Waals surface area contributed by atoms with E-state index in [9.17, 15) is 9.59 Å². The molecule has 0 saturated carbocycles. The third kappa shape index (κ3) is 0.964. The zero-order valence-corrected chi connectivity index (χ0v) is 5.83. The lowest BCUT2D eigenvalue weighted by atomic mass is 10.1. The second-order valence-corrected chi connectivity index (χ2v) is 2.50. The molecule has 1 fully saturated rings. The number of hydrogen-bond acceptors (Lipinski definition) is 2. The largest absolute Gasteiger partial charge is 0.369 e. The van der Waals surface area contributed by atoms with Crippen LogP contribution in [0.15, 0.2) is 0 Å². The number of carbonyl (C=O) groups excluding carboxylic acids is 2. The Balaban J connectivity index is 2.66. The van der Waals surface area contributed by atoms with Crippen LogP contribution in [0, 0.1) is 5.92 Å². The average Bonchev–Trinajstić information content (AvgIpc) is 2.14. The third-order valence-electron chi connectivity index (χ3n) is 1.77. The van der Waals surface area contributed by atoms with Crippen molar-refractivity contribution >= 4 is 11.8 Å². The van der Waals surface area contributed by atoms with Crippen LogP contribution in [0.4, 0.5) is 0 Å². The summed E-state index contributed by atoms with van der Waals surface area (Å²) in [6, 6.07) is 0. The van der Waals surface area contributed by atoms with Crippen molar-refractivity contribution in [3.63, 3.8) is 0 Å². The predicted molar refractivity (Wildman–Crippen MR) is 34.9 cm³/mol. The predicted octanol–water partition coefficient (Wildman–Crippen LogP) is -1.05. The standard InChI is InChI=1S/C6H10N2O2/c1-8-3-2-4(5(7)9)6(8)10/h4H,2-3H2,1H3,(H2,7,9)/t4-/m0/s1. The van der Waals surface area contributed by atoms with Gasteiger partial charge in [-0.3, -0.25) is 9.59 Å². The van der Waals surface area contributed by atoms with E-state index < -0.39 is 11.8 Å². The lowest BCUT2D eigenvalue weighted by Gasteiger charge is -2.06. The molecule has 2 amide bonds. The van der Waals surface area contributed by atoms with E-state index in [1.807, 2.05) is 0 Å². The number of amides is 2. The van der Waals surface area contributed by atoms with Crippen molar-refractivity contribution < 1.29 is 9.59 Å². The normalized spacial score (nSPS) is 25.5. The smallest absolute Gasteiger partial charge is 0.234 e. The number of hydrogen-bond donors (Lipinski definition) is 1. The molecule has 56 valence electrons. The van der Waals surface area contributed by atoms with Gasteiger partial charge in [0, 0.05) is 13.6 Å².